The molecule has 0 atom stereocenters. The summed E-state index contributed by atoms with van der Waals surface area (Å²) in [5.41, 5.74) is -0.870. The van der Waals surface area contributed by atoms with Crippen molar-refractivity contribution < 1.29 is 19.4 Å². The van der Waals surface area contributed by atoms with Gasteiger partial charge < -0.3 is 10.2 Å². The highest BCUT2D eigenvalue weighted by molar-refractivity contribution is 6.44. The van der Waals surface area contributed by atoms with E-state index in [-0.39, 0.29) is 5.56 Å². The minimum atomic E-state index is -1.16. The summed E-state index contributed by atoms with van der Waals surface area (Å²) in [6.07, 6.45) is 0. The summed E-state index contributed by atoms with van der Waals surface area (Å²) < 4.78 is 13.2. The maximum Gasteiger partial charge on any atom is 0.194 e. The zero-order valence-electron chi connectivity index (χ0n) is 7.34. The Labute approximate surface area is 79.1 Å². The molecule has 1 aromatic rings. The summed E-state index contributed by atoms with van der Waals surface area (Å²) in [7, 11) is 0. The van der Waals surface area contributed by atoms with Crippen molar-refractivity contribution in [3.8, 4) is 11.5 Å². The molecular formula is C9H8FNO3. The maximum atomic E-state index is 13.2. The zero-order chi connectivity index (χ0) is 10.9. The quantitative estimate of drug-likeness (QED) is 0.492. The number of halogens is 1. The molecule has 0 radical (unpaired) electrons. The van der Waals surface area contributed by atoms with E-state index in [9.17, 15) is 9.18 Å². The Hall–Kier alpha value is -1.91. The number of hydrogen-bond donors (Lipinski definition) is 3. The lowest BCUT2D eigenvalue weighted by Gasteiger charge is -2.04. The minimum Gasteiger partial charge on any atom is -0.504 e. The first-order valence-electron chi connectivity index (χ1n) is 3.75. The van der Waals surface area contributed by atoms with Crippen LogP contribution in [0, 0.1) is 11.2 Å². The van der Waals surface area contributed by atoms with E-state index in [2.05, 4.69) is 0 Å². The van der Waals surface area contributed by atoms with Gasteiger partial charge >= 0.3 is 0 Å². The molecule has 0 aliphatic carbocycles. The molecule has 0 aliphatic rings. The molecule has 0 fully saturated rings. The number of benzene rings is 1. The number of phenols is 2. The SMILES string of the molecule is CC(=O)C(=N)c1ccc(O)c(O)c1F. The van der Waals surface area contributed by atoms with Gasteiger partial charge in [0.15, 0.2) is 23.1 Å². The van der Waals surface area contributed by atoms with Gasteiger partial charge in [-0.3, -0.25) is 10.2 Å². The van der Waals surface area contributed by atoms with Crippen LogP contribution in [-0.2, 0) is 4.79 Å². The van der Waals surface area contributed by atoms with Gasteiger partial charge in [-0.15, -0.1) is 0 Å². The molecule has 0 spiro atoms. The Balaban J connectivity index is 3.31. The summed E-state index contributed by atoms with van der Waals surface area (Å²) in [6, 6.07) is 2.08. The average molecular weight is 197 g/mol. The van der Waals surface area contributed by atoms with Gasteiger partial charge in [0.2, 0.25) is 0 Å². The van der Waals surface area contributed by atoms with Gasteiger partial charge in [-0.2, -0.15) is 0 Å². The van der Waals surface area contributed by atoms with E-state index in [0.717, 1.165) is 19.1 Å². The number of nitrogens with one attached hydrogen (secondary N) is 1. The first kappa shape index (κ1) is 10.2. The highest BCUT2D eigenvalue weighted by Crippen LogP contribution is 2.29. The summed E-state index contributed by atoms with van der Waals surface area (Å²) in [4.78, 5) is 10.8. The van der Waals surface area contributed by atoms with Crippen LogP contribution in [0.3, 0.4) is 0 Å². The fraction of sp³-hybridized carbons (Fsp3) is 0.111. The molecule has 0 aliphatic heterocycles. The molecule has 0 saturated carbocycles. The number of carbonyl (C=O) groups excluding carboxylic acids is 1. The topological polar surface area (TPSA) is 81.4 Å². The highest BCUT2D eigenvalue weighted by atomic mass is 19.1. The third kappa shape index (κ3) is 1.56. The second kappa shape index (κ2) is 3.45. The summed E-state index contributed by atoms with van der Waals surface area (Å²) >= 11 is 0. The molecule has 1 rings (SSSR count). The molecule has 74 valence electrons. The van der Waals surface area contributed by atoms with Gasteiger partial charge in [-0.25, -0.2) is 4.39 Å². The molecule has 1 aromatic carbocycles. The van der Waals surface area contributed by atoms with E-state index in [1.54, 1.807) is 0 Å². The smallest absolute Gasteiger partial charge is 0.194 e. The van der Waals surface area contributed by atoms with E-state index in [1.165, 1.54) is 0 Å². The predicted molar refractivity (Wildman–Crippen MR) is 47.2 cm³/mol. The van der Waals surface area contributed by atoms with E-state index < -0.39 is 28.8 Å². The van der Waals surface area contributed by atoms with Crippen LogP contribution in [0.4, 0.5) is 4.39 Å². The van der Waals surface area contributed by atoms with Crippen molar-refractivity contribution in [3.05, 3.63) is 23.5 Å². The third-order valence-corrected chi connectivity index (χ3v) is 1.72. The van der Waals surface area contributed by atoms with Gasteiger partial charge in [0.1, 0.15) is 5.71 Å². The van der Waals surface area contributed by atoms with Crippen molar-refractivity contribution in [2.75, 3.05) is 0 Å². The standard InChI is InChI=1S/C9H8FNO3/c1-4(12)8(11)5-2-3-6(13)9(14)7(5)10/h2-3,11,13-14H,1H3. The van der Waals surface area contributed by atoms with Crippen LogP contribution >= 0.6 is 0 Å². The minimum absolute atomic E-state index is 0.326. The molecule has 0 aromatic heterocycles. The third-order valence-electron chi connectivity index (χ3n) is 1.72. The number of ketones is 1. The van der Waals surface area contributed by atoms with Gasteiger partial charge in [-0.1, -0.05) is 0 Å². The molecule has 3 N–H and O–H groups in total. The first-order chi connectivity index (χ1) is 6.45. The summed E-state index contributed by atoms with van der Waals surface area (Å²) in [6.45, 7) is 1.12. The number of carbonyl (C=O) groups is 1. The molecule has 14 heavy (non-hydrogen) atoms. The van der Waals surface area contributed by atoms with Gasteiger partial charge in [0, 0.05) is 12.5 Å². The second-order valence-corrected chi connectivity index (χ2v) is 2.73. The molecule has 0 heterocycles. The van der Waals surface area contributed by atoms with Crippen molar-refractivity contribution in [2.45, 2.75) is 6.92 Å². The first-order valence-corrected chi connectivity index (χ1v) is 3.75. The fourth-order valence-electron chi connectivity index (χ4n) is 0.937. The number of rotatable bonds is 2. The number of Topliss-reactive ketones (excluding diaryl/α,β-unsaturated/α-hetero) is 1. The van der Waals surface area contributed by atoms with E-state index >= 15 is 0 Å². The summed E-state index contributed by atoms with van der Waals surface area (Å²) in [5.74, 6) is -3.35. The van der Waals surface area contributed by atoms with Crippen LogP contribution in [0.2, 0.25) is 0 Å². The molecule has 0 amide bonds. The van der Waals surface area contributed by atoms with Crippen LogP contribution in [0.5, 0.6) is 11.5 Å². The van der Waals surface area contributed by atoms with E-state index in [1.807, 2.05) is 0 Å². The Bertz CT molecular complexity index is 415. The van der Waals surface area contributed by atoms with Crippen LogP contribution in [-0.4, -0.2) is 21.7 Å². The lowest BCUT2D eigenvalue weighted by Crippen LogP contribution is -2.11. The molecule has 0 bridgehead atoms. The maximum absolute atomic E-state index is 13.2. The van der Waals surface area contributed by atoms with Crippen molar-refractivity contribution in [3.63, 3.8) is 0 Å². The Morgan fingerprint density at radius 3 is 2.50 bits per heavy atom. The van der Waals surface area contributed by atoms with Crippen molar-refractivity contribution in [1.82, 2.24) is 0 Å². The predicted octanol–water partition coefficient (Wildman–Crippen LogP) is 1.19. The Kier molecular flexibility index (Phi) is 2.51. The molecular weight excluding hydrogens is 189 g/mol. The van der Waals surface area contributed by atoms with E-state index in [4.69, 9.17) is 15.6 Å². The average Bonchev–Trinajstić information content (AvgIpc) is 2.13. The number of aromatic hydroxyl groups is 2. The lowest BCUT2D eigenvalue weighted by molar-refractivity contribution is -0.111. The van der Waals surface area contributed by atoms with Crippen LogP contribution in [0.1, 0.15) is 12.5 Å². The Morgan fingerprint density at radius 1 is 1.43 bits per heavy atom. The number of hydrogen-bond acceptors (Lipinski definition) is 4. The normalized spacial score (nSPS) is 9.86. The van der Waals surface area contributed by atoms with Crippen molar-refractivity contribution in [1.29, 1.82) is 5.41 Å². The van der Waals surface area contributed by atoms with Crippen LogP contribution in [0.15, 0.2) is 12.1 Å². The number of phenolic OH excluding ortho intramolecular Hbond substituents is 2. The molecule has 5 heteroatoms. The van der Waals surface area contributed by atoms with Gasteiger partial charge in [-0.05, 0) is 12.1 Å². The molecule has 0 unspecified atom stereocenters. The van der Waals surface area contributed by atoms with Crippen molar-refractivity contribution in [2.24, 2.45) is 0 Å². The van der Waals surface area contributed by atoms with Crippen LogP contribution in [0.25, 0.3) is 0 Å². The second-order valence-electron chi connectivity index (χ2n) is 2.73. The zero-order valence-corrected chi connectivity index (χ0v) is 7.34. The Morgan fingerprint density at radius 2 is 2.00 bits per heavy atom. The van der Waals surface area contributed by atoms with Gasteiger partial charge in [0.05, 0.1) is 0 Å². The summed E-state index contributed by atoms with van der Waals surface area (Å²) in [5, 5.41) is 25.1. The van der Waals surface area contributed by atoms with Crippen LogP contribution < -0.4 is 0 Å². The lowest BCUT2D eigenvalue weighted by atomic mass is 10.1. The fourth-order valence-corrected chi connectivity index (χ4v) is 0.937. The largest absolute Gasteiger partial charge is 0.504 e. The molecule has 4 nitrogen and oxygen atoms in total. The monoisotopic (exact) mass is 197 g/mol. The highest BCUT2D eigenvalue weighted by Gasteiger charge is 2.17. The van der Waals surface area contributed by atoms with Crippen molar-refractivity contribution >= 4 is 11.5 Å². The molecule has 0 saturated heterocycles. The van der Waals surface area contributed by atoms with E-state index in [0.29, 0.717) is 0 Å². The van der Waals surface area contributed by atoms with Gasteiger partial charge in [0.25, 0.3) is 0 Å².